The van der Waals surface area contributed by atoms with Crippen LogP contribution < -0.4 is 0 Å². The molecule has 15 heavy (non-hydrogen) atoms. The molecular formula is C11H11N3O. The molecule has 0 radical (unpaired) electrons. The summed E-state index contributed by atoms with van der Waals surface area (Å²) in [6, 6.07) is 7.37. The van der Waals surface area contributed by atoms with E-state index >= 15 is 0 Å². The van der Waals surface area contributed by atoms with E-state index in [2.05, 4.69) is 10.2 Å². The minimum Gasteiger partial charge on any atom is -0.345 e. The molecular weight excluding hydrogens is 190 g/mol. The molecule has 0 atom stereocenters. The van der Waals surface area contributed by atoms with Crippen molar-refractivity contribution in [1.82, 2.24) is 15.1 Å². The van der Waals surface area contributed by atoms with Gasteiger partial charge in [-0.05, 0) is 12.1 Å². The molecule has 76 valence electrons. The molecule has 0 N–H and O–H groups in total. The maximum Gasteiger partial charge on any atom is 0.255 e. The molecule has 1 amide bonds. The number of amides is 1. The van der Waals surface area contributed by atoms with Gasteiger partial charge in [-0.15, -0.1) is 5.10 Å². The number of aromatic nitrogens is 2. The van der Waals surface area contributed by atoms with Crippen molar-refractivity contribution in [3.05, 3.63) is 36.0 Å². The van der Waals surface area contributed by atoms with Gasteiger partial charge in [0, 0.05) is 19.5 Å². The Morgan fingerprint density at radius 1 is 1.27 bits per heavy atom. The van der Waals surface area contributed by atoms with E-state index in [0.717, 1.165) is 5.39 Å². The highest BCUT2D eigenvalue weighted by atomic mass is 16.2. The number of fused-ring (bicyclic) bond motifs is 1. The minimum absolute atomic E-state index is 0.0545. The Bertz CT molecular complexity index is 503. The topological polar surface area (TPSA) is 46.1 Å². The lowest BCUT2D eigenvalue weighted by Gasteiger charge is -2.10. The van der Waals surface area contributed by atoms with Gasteiger partial charge in [0.25, 0.3) is 5.91 Å². The fourth-order valence-electron chi connectivity index (χ4n) is 1.43. The average Bonchev–Trinajstić information content (AvgIpc) is 2.27. The molecule has 1 heterocycles. The zero-order valence-corrected chi connectivity index (χ0v) is 8.64. The second-order valence-corrected chi connectivity index (χ2v) is 3.47. The number of carbonyl (C=O) groups is 1. The first-order valence-corrected chi connectivity index (χ1v) is 4.62. The minimum atomic E-state index is -0.0545. The van der Waals surface area contributed by atoms with Crippen molar-refractivity contribution in [1.29, 1.82) is 0 Å². The van der Waals surface area contributed by atoms with Gasteiger partial charge in [-0.25, -0.2) is 0 Å². The number of hydrogen-bond acceptors (Lipinski definition) is 3. The monoisotopic (exact) mass is 201 g/mol. The van der Waals surface area contributed by atoms with Gasteiger partial charge in [0.05, 0.1) is 11.8 Å². The Morgan fingerprint density at radius 2 is 2.07 bits per heavy atom. The van der Waals surface area contributed by atoms with Gasteiger partial charge in [-0.1, -0.05) is 12.1 Å². The van der Waals surface area contributed by atoms with Crippen LogP contribution in [-0.4, -0.2) is 35.1 Å². The summed E-state index contributed by atoms with van der Waals surface area (Å²) in [5.41, 5.74) is 1.24. The Morgan fingerprint density at radius 3 is 2.80 bits per heavy atom. The van der Waals surface area contributed by atoms with E-state index in [-0.39, 0.29) is 5.91 Å². The summed E-state index contributed by atoms with van der Waals surface area (Å²) in [4.78, 5) is 13.3. The summed E-state index contributed by atoms with van der Waals surface area (Å²) in [5.74, 6) is -0.0545. The van der Waals surface area contributed by atoms with Crippen molar-refractivity contribution in [2.24, 2.45) is 0 Å². The molecule has 0 spiro atoms. The standard InChI is InChI=1S/C11H11N3O/c1-14(2)11(15)9-5-3-4-8-6-7-12-13-10(8)9/h3-7H,1-2H3. The third-order valence-electron chi connectivity index (χ3n) is 2.18. The summed E-state index contributed by atoms with van der Waals surface area (Å²) in [7, 11) is 3.44. The summed E-state index contributed by atoms with van der Waals surface area (Å²) in [5, 5.41) is 8.71. The third-order valence-corrected chi connectivity index (χ3v) is 2.18. The molecule has 2 rings (SSSR count). The van der Waals surface area contributed by atoms with E-state index in [0.29, 0.717) is 11.1 Å². The second-order valence-electron chi connectivity index (χ2n) is 3.47. The fraction of sp³-hybridized carbons (Fsp3) is 0.182. The molecule has 0 saturated carbocycles. The van der Waals surface area contributed by atoms with Gasteiger partial charge in [-0.3, -0.25) is 4.79 Å². The van der Waals surface area contributed by atoms with E-state index < -0.39 is 0 Å². The number of benzene rings is 1. The molecule has 0 bridgehead atoms. The Labute approximate surface area is 87.5 Å². The maximum atomic E-state index is 11.8. The van der Waals surface area contributed by atoms with Crippen molar-refractivity contribution in [3.8, 4) is 0 Å². The zero-order valence-electron chi connectivity index (χ0n) is 8.64. The normalized spacial score (nSPS) is 10.3. The number of hydrogen-bond donors (Lipinski definition) is 0. The Kier molecular flexibility index (Phi) is 2.33. The van der Waals surface area contributed by atoms with Crippen LogP contribution in [0.4, 0.5) is 0 Å². The highest BCUT2D eigenvalue weighted by Gasteiger charge is 2.12. The molecule has 0 aliphatic heterocycles. The van der Waals surface area contributed by atoms with E-state index in [4.69, 9.17) is 0 Å². The molecule has 0 saturated heterocycles. The number of rotatable bonds is 1. The van der Waals surface area contributed by atoms with E-state index in [1.807, 2.05) is 18.2 Å². The van der Waals surface area contributed by atoms with Crippen molar-refractivity contribution in [2.45, 2.75) is 0 Å². The molecule has 0 aliphatic carbocycles. The fourth-order valence-corrected chi connectivity index (χ4v) is 1.43. The van der Waals surface area contributed by atoms with E-state index in [9.17, 15) is 4.79 Å². The van der Waals surface area contributed by atoms with Crippen LogP contribution in [0.1, 0.15) is 10.4 Å². The van der Waals surface area contributed by atoms with Crippen LogP contribution in [0.5, 0.6) is 0 Å². The molecule has 0 unspecified atom stereocenters. The molecule has 0 aliphatic rings. The zero-order chi connectivity index (χ0) is 10.8. The van der Waals surface area contributed by atoms with E-state index in [1.54, 1.807) is 26.4 Å². The van der Waals surface area contributed by atoms with Crippen LogP contribution in [0.2, 0.25) is 0 Å². The quantitative estimate of drug-likeness (QED) is 0.699. The van der Waals surface area contributed by atoms with Crippen molar-refractivity contribution in [3.63, 3.8) is 0 Å². The van der Waals surface area contributed by atoms with Gasteiger partial charge in [0.2, 0.25) is 0 Å². The van der Waals surface area contributed by atoms with Crippen LogP contribution in [0.15, 0.2) is 30.5 Å². The molecule has 4 heteroatoms. The highest BCUT2D eigenvalue weighted by Crippen LogP contribution is 2.15. The molecule has 1 aromatic heterocycles. The summed E-state index contributed by atoms with van der Waals surface area (Å²) in [6.45, 7) is 0. The summed E-state index contributed by atoms with van der Waals surface area (Å²) < 4.78 is 0. The summed E-state index contributed by atoms with van der Waals surface area (Å²) in [6.07, 6.45) is 1.62. The van der Waals surface area contributed by atoms with Crippen molar-refractivity contribution < 1.29 is 4.79 Å². The largest absolute Gasteiger partial charge is 0.345 e. The van der Waals surface area contributed by atoms with Crippen LogP contribution in [0.3, 0.4) is 0 Å². The Hall–Kier alpha value is -1.97. The first-order valence-electron chi connectivity index (χ1n) is 4.62. The van der Waals surface area contributed by atoms with Crippen LogP contribution in [0, 0.1) is 0 Å². The lowest BCUT2D eigenvalue weighted by atomic mass is 10.1. The predicted octanol–water partition coefficient (Wildman–Crippen LogP) is 1.33. The van der Waals surface area contributed by atoms with Gasteiger partial charge >= 0.3 is 0 Å². The van der Waals surface area contributed by atoms with E-state index in [1.165, 1.54) is 4.90 Å². The van der Waals surface area contributed by atoms with Gasteiger partial charge in [-0.2, -0.15) is 5.10 Å². The highest BCUT2D eigenvalue weighted by molar-refractivity contribution is 6.04. The SMILES string of the molecule is CN(C)C(=O)c1cccc2ccnnc12. The second kappa shape index (κ2) is 3.65. The van der Waals surface area contributed by atoms with Gasteiger partial charge in [0.1, 0.15) is 5.52 Å². The van der Waals surface area contributed by atoms with Gasteiger partial charge in [0.15, 0.2) is 0 Å². The first kappa shape index (κ1) is 9.58. The lowest BCUT2D eigenvalue weighted by molar-refractivity contribution is 0.0829. The maximum absolute atomic E-state index is 11.8. The van der Waals surface area contributed by atoms with Crippen LogP contribution >= 0.6 is 0 Å². The van der Waals surface area contributed by atoms with Crippen LogP contribution in [0.25, 0.3) is 10.9 Å². The first-order chi connectivity index (χ1) is 7.20. The van der Waals surface area contributed by atoms with Crippen LogP contribution in [-0.2, 0) is 0 Å². The summed E-state index contributed by atoms with van der Waals surface area (Å²) >= 11 is 0. The molecule has 4 nitrogen and oxygen atoms in total. The molecule has 0 fully saturated rings. The lowest BCUT2D eigenvalue weighted by Crippen LogP contribution is -2.22. The average molecular weight is 201 g/mol. The van der Waals surface area contributed by atoms with Crippen molar-refractivity contribution in [2.75, 3.05) is 14.1 Å². The Balaban J connectivity index is 2.66. The molecule has 1 aromatic carbocycles. The van der Waals surface area contributed by atoms with Crippen molar-refractivity contribution >= 4 is 16.8 Å². The van der Waals surface area contributed by atoms with Gasteiger partial charge < -0.3 is 4.90 Å². The predicted molar refractivity (Wildman–Crippen MR) is 57.6 cm³/mol. The molecule has 2 aromatic rings. The number of carbonyl (C=O) groups excluding carboxylic acids is 1. The number of nitrogens with zero attached hydrogens (tertiary/aromatic N) is 3. The smallest absolute Gasteiger partial charge is 0.255 e. The third kappa shape index (κ3) is 1.66.